The van der Waals surface area contributed by atoms with E-state index in [0.717, 1.165) is 19.5 Å². The Balaban J connectivity index is 1.84. The van der Waals surface area contributed by atoms with E-state index in [4.69, 9.17) is 17.3 Å². The fraction of sp³-hybridized carbons (Fsp3) is 0.643. The van der Waals surface area contributed by atoms with E-state index in [1.807, 2.05) is 0 Å². The van der Waals surface area contributed by atoms with Gasteiger partial charge in [0.25, 0.3) is 0 Å². The average Bonchev–Trinajstić information content (AvgIpc) is 2.54. The molecule has 0 aliphatic carbocycles. The van der Waals surface area contributed by atoms with Crippen LogP contribution in [0.25, 0.3) is 0 Å². The van der Waals surface area contributed by atoms with E-state index < -0.39 is 5.97 Å². The minimum atomic E-state index is -0.649. The summed E-state index contributed by atoms with van der Waals surface area (Å²) in [6.07, 6.45) is 4.90. The second-order valence-electron chi connectivity index (χ2n) is 5.27. The van der Waals surface area contributed by atoms with Crippen molar-refractivity contribution in [2.24, 2.45) is 0 Å². The predicted octanol–water partition coefficient (Wildman–Crippen LogP) is 1.79. The number of hydrogen-bond acceptors (Lipinski definition) is 7. The Labute approximate surface area is 135 Å². The van der Waals surface area contributed by atoms with Crippen LogP contribution < -0.4 is 11.1 Å². The van der Waals surface area contributed by atoms with Gasteiger partial charge in [-0.3, -0.25) is 0 Å². The summed E-state index contributed by atoms with van der Waals surface area (Å²) in [7, 11) is 1.25. The SMILES string of the molecule is COC(=O)c1nc(Cl)c(NCCCN2CCCCC2)nc1N. The summed E-state index contributed by atoms with van der Waals surface area (Å²) in [4.78, 5) is 21.9. The Bertz CT molecular complexity index is 520. The van der Waals surface area contributed by atoms with Crippen LogP contribution in [-0.4, -0.2) is 54.1 Å². The van der Waals surface area contributed by atoms with Crippen molar-refractivity contribution in [1.29, 1.82) is 0 Å². The van der Waals surface area contributed by atoms with E-state index in [1.54, 1.807) is 0 Å². The van der Waals surface area contributed by atoms with Crippen LogP contribution in [0.2, 0.25) is 5.15 Å². The summed E-state index contributed by atoms with van der Waals surface area (Å²) in [6, 6.07) is 0. The minimum absolute atomic E-state index is 0.00906. The Morgan fingerprint density at radius 2 is 2.09 bits per heavy atom. The van der Waals surface area contributed by atoms with Crippen LogP contribution >= 0.6 is 11.6 Å². The van der Waals surface area contributed by atoms with Gasteiger partial charge in [0.05, 0.1) is 7.11 Å². The molecule has 0 saturated carbocycles. The van der Waals surface area contributed by atoms with E-state index in [9.17, 15) is 4.79 Å². The van der Waals surface area contributed by atoms with Crippen LogP contribution in [0.3, 0.4) is 0 Å². The van der Waals surface area contributed by atoms with Crippen LogP contribution in [0, 0.1) is 0 Å². The van der Waals surface area contributed by atoms with Crippen molar-refractivity contribution < 1.29 is 9.53 Å². The third-order valence-corrected chi connectivity index (χ3v) is 3.91. The second-order valence-corrected chi connectivity index (χ2v) is 5.63. The molecule has 1 saturated heterocycles. The molecule has 0 atom stereocenters. The quantitative estimate of drug-likeness (QED) is 0.607. The number of methoxy groups -OCH3 is 1. The smallest absolute Gasteiger partial charge is 0.360 e. The van der Waals surface area contributed by atoms with Gasteiger partial charge in [-0.2, -0.15) is 0 Å². The minimum Gasteiger partial charge on any atom is -0.464 e. The molecule has 1 aliphatic rings. The van der Waals surface area contributed by atoms with Crippen molar-refractivity contribution in [3.8, 4) is 0 Å². The van der Waals surface area contributed by atoms with Gasteiger partial charge in [0.2, 0.25) is 0 Å². The topological polar surface area (TPSA) is 93.4 Å². The number of nitrogens with two attached hydrogens (primary N) is 1. The zero-order valence-corrected chi connectivity index (χ0v) is 13.5. The summed E-state index contributed by atoms with van der Waals surface area (Å²) in [5.74, 6) is -0.246. The number of halogens is 1. The molecule has 1 aliphatic heterocycles. The van der Waals surface area contributed by atoms with Gasteiger partial charge in [0, 0.05) is 6.54 Å². The zero-order valence-electron chi connectivity index (χ0n) is 12.8. The lowest BCUT2D eigenvalue weighted by Gasteiger charge is -2.26. The Morgan fingerprint density at radius 3 is 2.77 bits per heavy atom. The summed E-state index contributed by atoms with van der Waals surface area (Å²) in [5, 5.41) is 3.23. The molecule has 2 heterocycles. The lowest BCUT2D eigenvalue weighted by molar-refractivity contribution is 0.0595. The first kappa shape index (κ1) is 16.8. The number of nitrogens with zero attached hydrogens (tertiary/aromatic N) is 3. The van der Waals surface area contributed by atoms with Crippen LogP contribution in [0.1, 0.15) is 36.2 Å². The van der Waals surface area contributed by atoms with Gasteiger partial charge in [-0.15, -0.1) is 0 Å². The summed E-state index contributed by atoms with van der Waals surface area (Å²) >= 11 is 6.02. The number of ether oxygens (including phenoxy) is 1. The number of piperidine rings is 1. The molecule has 0 aromatic carbocycles. The molecule has 8 heteroatoms. The Morgan fingerprint density at radius 1 is 1.36 bits per heavy atom. The number of hydrogen-bond donors (Lipinski definition) is 2. The van der Waals surface area contributed by atoms with Crippen LogP contribution in [0.5, 0.6) is 0 Å². The number of nitrogen functional groups attached to an aromatic ring is 1. The molecule has 0 radical (unpaired) electrons. The third kappa shape index (κ3) is 4.45. The molecule has 0 amide bonds. The summed E-state index contributed by atoms with van der Waals surface area (Å²) < 4.78 is 4.57. The van der Waals surface area contributed by atoms with Gasteiger partial charge in [0.1, 0.15) is 0 Å². The lowest BCUT2D eigenvalue weighted by atomic mass is 10.1. The Hall–Kier alpha value is -1.60. The molecule has 0 spiro atoms. The molecule has 122 valence electrons. The lowest BCUT2D eigenvalue weighted by Crippen LogP contribution is -2.31. The normalized spacial score (nSPS) is 15.5. The molecule has 1 aromatic rings. The molecular formula is C14H22ClN5O2. The van der Waals surface area contributed by atoms with Crippen molar-refractivity contribution in [1.82, 2.24) is 14.9 Å². The van der Waals surface area contributed by atoms with Crippen LogP contribution in [-0.2, 0) is 4.74 Å². The maximum absolute atomic E-state index is 11.4. The first-order valence-corrected chi connectivity index (χ1v) is 7.87. The molecule has 2 rings (SSSR count). The van der Waals surface area contributed by atoms with Crippen LogP contribution in [0.4, 0.5) is 11.6 Å². The highest BCUT2D eigenvalue weighted by molar-refractivity contribution is 6.31. The van der Waals surface area contributed by atoms with Gasteiger partial charge < -0.3 is 20.7 Å². The number of rotatable bonds is 6. The molecule has 1 aromatic heterocycles. The molecule has 7 nitrogen and oxygen atoms in total. The molecule has 0 unspecified atom stereocenters. The van der Waals surface area contributed by atoms with E-state index in [2.05, 4.69) is 24.9 Å². The van der Waals surface area contributed by atoms with Crippen molar-refractivity contribution in [2.45, 2.75) is 25.7 Å². The monoisotopic (exact) mass is 327 g/mol. The third-order valence-electron chi connectivity index (χ3n) is 3.65. The number of likely N-dealkylation sites (tertiary alicyclic amines) is 1. The van der Waals surface area contributed by atoms with Gasteiger partial charge >= 0.3 is 5.97 Å². The second kappa shape index (κ2) is 8.14. The number of esters is 1. The van der Waals surface area contributed by atoms with Crippen molar-refractivity contribution >= 4 is 29.2 Å². The number of carbonyl (C=O) groups is 1. The molecule has 1 fully saturated rings. The molecule has 22 heavy (non-hydrogen) atoms. The maximum Gasteiger partial charge on any atom is 0.360 e. The molecular weight excluding hydrogens is 306 g/mol. The molecule has 0 bridgehead atoms. The first-order chi connectivity index (χ1) is 10.6. The van der Waals surface area contributed by atoms with Crippen molar-refractivity contribution in [3.05, 3.63) is 10.8 Å². The summed E-state index contributed by atoms with van der Waals surface area (Å²) in [5.41, 5.74) is 5.64. The average molecular weight is 328 g/mol. The predicted molar refractivity (Wildman–Crippen MR) is 86.2 cm³/mol. The molecule has 3 N–H and O–H groups in total. The van der Waals surface area contributed by atoms with E-state index in [1.165, 1.54) is 39.5 Å². The van der Waals surface area contributed by atoms with Gasteiger partial charge in [-0.05, 0) is 38.9 Å². The first-order valence-electron chi connectivity index (χ1n) is 7.49. The fourth-order valence-electron chi connectivity index (χ4n) is 2.48. The number of aromatic nitrogens is 2. The highest BCUT2D eigenvalue weighted by Crippen LogP contribution is 2.21. The largest absolute Gasteiger partial charge is 0.464 e. The number of carbonyl (C=O) groups excluding carboxylic acids is 1. The number of nitrogens with one attached hydrogen (secondary N) is 1. The van der Waals surface area contributed by atoms with Crippen molar-refractivity contribution in [3.63, 3.8) is 0 Å². The maximum atomic E-state index is 11.4. The van der Waals surface area contributed by atoms with E-state index >= 15 is 0 Å². The highest BCUT2D eigenvalue weighted by Gasteiger charge is 2.17. The highest BCUT2D eigenvalue weighted by atomic mass is 35.5. The van der Waals surface area contributed by atoms with Crippen LogP contribution in [0.15, 0.2) is 0 Å². The van der Waals surface area contributed by atoms with Gasteiger partial charge in [-0.1, -0.05) is 18.0 Å². The Kier molecular flexibility index (Phi) is 6.21. The fourth-order valence-corrected chi connectivity index (χ4v) is 2.67. The number of anilines is 2. The van der Waals surface area contributed by atoms with Crippen molar-refractivity contribution in [2.75, 3.05) is 44.3 Å². The van der Waals surface area contributed by atoms with Gasteiger partial charge in [-0.25, -0.2) is 14.8 Å². The van der Waals surface area contributed by atoms with E-state index in [-0.39, 0.29) is 16.7 Å². The standard InChI is InChI=1S/C14H22ClN5O2/c1-22-14(21)10-12(16)19-13(11(15)18-10)17-6-5-9-20-7-3-2-4-8-20/h2-9H2,1H3,(H3,16,17,19). The summed E-state index contributed by atoms with van der Waals surface area (Å²) in [6.45, 7) is 4.14. The zero-order chi connectivity index (χ0) is 15.9. The van der Waals surface area contributed by atoms with E-state index in [0.29, 0.717) is 5.82 Å². The van der Waals surface area contributed by atoms with Gasteiger partial charge in [0.15, 0.2) is 22.5 Å².